The minimum absolute atomic E-state index is 0.00366. The number of nitrogens with two attached hydrogens (primary N) is 1. The molecule has 1 heterocycles. The van der Waals surface area contributed by atoms with Crippen molar-refractivity contribution in [1.82, 2.24) is 10.2 Å². The predicted molar refractivity (Wildman–Crippen MR) is 63.6 cm³/mol. The van der Waals surface area contributed by atoms with Crippen molar-refractivity contribution in [1.29, 1.82) is 0 Å². The van der Waals surface area contributed by atoms with Crippen molar-refractivity contribution in [2.24, 2.45) is 5.73 Å². The van der Waals surface area contributed by atoms with E-state index in [-0.39, 0.29) is 12.1 Å². The van der Waals surface area contributed by atoms with E-state index in [9.17, 15) is 9.59 Å². The molecule has 98 valence electrons. The lowest BCUT2D eigenvalue weighted by atomic mass is 10.1. The molecule has 0 radical (unpaired) electrons. The average molecular weight is 243 g/mol. The van der Waals surface area contributed by atoms with Crippen molar-refractivity contribution in [3.63, 3.8) is 0 Å². The molecule has 4 N–H and O–H groups in total. The molecule has 6 nitrogen and oxygen atoms in total. The summed E-state index contributed by atoms with van der Waals surface area (Å²) < 4.78 is 0. The second-order valence-corrected chi connectivity index (χ2v) is 4.48. The minimum Gasteiger partial charge on any atom is -0.480 e. The average Bonchev–Trinajstić information content (AvgIpc) is 2.28. The van der Waals surface area contributed by atoms with Crippen LogP contribution in [0.5, 0.6) is 0 Å². The highest BCUT2D eigenvalue weighted by molar-refractivity contribution is 5.82. The lowest BCUT2D eigenvalue weighted by Crippen LogP contribution is -2.53. The van der Waals surface area contributed by atoms with Crippen LogP contribution in [0.2, 0.25) is 0 Å². The molecule has 1 unspecified atom stereocenters. The van der Waals surface area contributed by atoms with Crippen LogP contribution in [0.25, 0.3) is 0 Å². The highest BCUT2D eigenvalue weighted by Gasteiger charge is 2.25. The van der Waals surface area contributed by atoms with Gasteiger partial charge >= 0.3 is 12.0 Å². The van der Waals surface area contributed by atoms with Crippen LogP contribution in [0, 0.1) is 0 Å². The van der Waals surface area contributed by atoms with Crippen LogP contribution in [0.4, 0.5) is 4.79 Å². The van der Waals surface area contributed by atoms with Gasteiger partial charge in [0.1, 0.15) is 6.04 Å². The van der Waals surface area contributed by atoms with E-state index in [1.54, 1.807) is 4.90 Å². The van der Waals surface area contributed by atoms with Crippen LogP contribution in [-0.4, -0.2) is 47.2 Å². The number of hydrogen-bond donors (Lipinski definition) is 3. The Labute approximate surface area is 101 Å². The second kappa shape index (κ2) is 6.44. The number of carboxylic acids is 1. The molecule has 1 aliphatic rings. The zero-order valence-electron chi connectivity index (χ0n) is 10.2. The van der Waals surface area contributed by atoms with Gasteiger partial charge in [-0.05, 0) is 19.3 Å². The Morgan fingerprint density at radius 3 is 2.82 bits per heavy atom. The smallest absolute Gasteiger partial charge is 0.326 e. The summed E-state index contributed by atoms with van der Waals surface area (Å²) >= 11 is 0. The molecule has 0 aromatic rings. The fourth-order valence-electron chi connectivity index (χ4n) is 1.98. The first-order chi connectivity index (χ1) is 8.04. The molecule has 2 atom stereocenters. The summed E-state index contributed by atoms with van der Waals surface area (Å²) in [6, 6.07) is -1.12. The maximum absolute atomic E-state index is 11.8. The van der Waals surface area contributed by atoms with Gasteiger partial charge < -0.3 is 21.1 Å². The number of amides is 2. The predicted octanol–water partition coefficient (Wildman–Crippen LogP) is 0.372. The van der Waals surface area contributed by atoms with E-state index < -0.39 is 12.0 Å². The summed E-state index contributed by atoms with van der Waals surface area (Å²) in [6.07, 6.45) is 2.96. The molecule has 6 heteroatoms. The highest BCUT2D eigenvalue weighted by Crippen LogP contribution is 2.09. The molecule has 1 rings (SSSR count). The number of aliphatic carboxylic acids is 1. The van der Waals surface area contributed by atoms with Crippen molar-refractivity contribution in [2.45, 2.75) is 44.7 Å². The number of likely N-dealkylation sites (tertiary alicyclic amines) is 1. The lowest BCUT2D eigenvalue weighted by molar-refractivity contribution is -0.139. The molecule has 17 heavy (non-hydrogen) atoms. The Balaban J connectivity index is 2.48. The van der Waals surface area contributed by atoms with E-state index in [0.29, 0.717) is 19.5 Å². The monoisotopic (exact) mass is 243 g/mol. The summed E-state index contributed by atoms with van der Waals surface area (Å²) in [4.78, 5) is 24.3. The molecule has 0 aromatic heterocycles. The van der Waals surface area contributed by atoms with Gasteiger partial charge in [0.2, 0.25) is 0 Å². The first kappa shape index (κ1) is 13.8. The molecule has 0 spiro atoms. The Morgan fingerprint density at radius 1 is 1.59 bits per heavy atom. The minimum atomic E-state index is -0.985. The maximum Gasteiger partial charge on any atom is 0.326 e. The zero-order chi connectivity index (χ0) is 12.8. The van der Waals surface area contributed by atoms with Crippen LogP contribution in [0.1, 0.15) is 32.6 Å². The standard InChI is InChI=1S/C11H21N3O3/c1-2-4-9(10(15)16)13-11(17)14-6-3-5-8(12)7-14/h8-9H,2-7,12H2,1H3,(H,13,17)(H,15,16)/t8?,9-/m0/s1. The zero-order valence-corrected chi connectivity index (χ0v) is 10.2. The van der Waals surface area contributed by atoms with Crippen LogP contribution in [0.15, 0.2) is 0 Å². The summed E-state index contributed by atoms with van der Waals surface area (Å²) in [5.74, 6) is -0.985. The molecule has 2 amide bonds. The number of nitrogens with zero attached hydrogens (tertiary/aromatic N) is 1. The summed E-state index contributed by atoms with van der Waals surface area (Å²) in [6.45, 7) is 3.04. The van der Waals surface area contributed by atoms with E-state index in [1.807, 2.05) is 6.92 Å². The molecule has 1 fully saturated rings. The van der Waals surface area contributed by atoms with Gasteiger partial charge in [-0.1, -0.05) is 13.3 Å². The number of hydrogen-bond acceptors (Lipinski definition) is 3. The lowest BCUT2D eigenvalue weighted by Gasteiger charge is -2.31. The van der Waals surface area contributed by atoms with E-state index in [1.165, 1.54) is 0 Å². The second-order valence-electron chi connectivity index (χ2n) is 4.48. The van der Waals surface area contributed by atoms with Crippen LogP contribution in [-0.2, 0) is 4.79 Å². The number of rotatable bonds is 4. The Kier molecular flexibility index (Phi) is 5.21. The number of urea groups is 1. The molecule has 0 saturated carbocycles. The van der Waals surface area contributed by atoms with Crippen molar-refractivity contribution in [3.8, 4) is 0 Å². The third-order valence-electron chi connectivity index (χ3n) is 2.92. The summed E-state index contributed by atoms with van der Waals surface area (Å²) in [7, 11) is 0. The Bertz CT molecular complexity index is 283. The van der Waals surface area contributed by atoms with Gasteiger partial charge in [0, 0.05) is 19.1 Å². The van der Waals surface area contributed by atoms with E-state index in [0.717, 1.165) is 19.3 Å². The third kappa shape index (κ3) is 4.22. The van der Waals surface area contributed by atoms with E-state index in [2.05, 4.69) is 5.32 Å². The fourth-order valence-corrected chi connectivity index (χ4v) is 1.98. The highest BCUT2D eigenvalue weighted by atomic mass is 16.4. The Hall–Kier alpha value is -1.30. The normalized spacial score (nSPS) is 22.0. The third-order valence-corrected chi connectivity index (χ3v) is 2.92. The summed E-state index contributed by atoms with van der Waals surface area (Å²) in [5, 5.41) is 11.5. The molecule has 0 aromatic carbocycles. The first-order valence-corrected chi connectivity index (χ1v) is 6.08. The van der Waals surface area contributed by atoms with Crippen molar-refractivity contribution in [3.05, 3.63) is 0 Å². The first-order valence-electron chi connectivity index (χ1n) is 6.08. The van der Waals surface area contributed by atoms with Gasteiger partial charge in [-0.2, -0.15) is 0 Å². The number of piperidine rings is 1. The van der Waals surface area contributed by atoms with Gasteiger partial charge in [0.05, 0.1) is 0 Å². The van der Waals surface area contributed by atoms with Crippen LogP contribution < -0.4 is 11.1 Å². The largest absolute Gasteiger partial charge is 0.480 e. The number of carbonyl (C=O) groups is 2. The van der Waals surface area contributed by atoms with Gasteiger partial charge in [-0.15, -0.1) is 0 Å². The SMILES string of the molecule is CCC[C@H](NC(=O)N1CCCC(N)C1)C(=O)O. The van der Waals surface area contributed by atoms with Gasteiger partial charge in [-0.25, -0.2) is 9.59 Å². The van der Waals surface area contributed by atoms with Crippen LogP contribution >= 0.6 is 0 Å². The van der Waals surface area contributed by atoms with Crippen molar-refractivity contribution in [2.75, 3.05) is 13.1 Å². The van der Waals surface area contributed by atoms with Gasteiger partial charge in [0.25, 0.3) is 0 Å². The molecule has 0 bridgehead atoms. The van der Waals surface area contributed by atoms with E-state index >= 15 is 0 Å². The fraction of sp³-hybridized carbons (Fsp3) is 0.818. The van der Waals surface area contributed by atoms with Gasteiger partial charge in [0.15, 0.2) is 0 Å². The molecule has 0 aliphatic carbocycles. The summed E-state index contributed by atoms with van der Waals surface area (Å²) in [5.41, 5.74) is 5.77. The van der Waals surface area contributed by atoms with Crippen molar-refractivity contribution >= 4 is 12.0 Å². The van der Waals surface area contributed by atoms with Gasteiger partial charge in [-0.3, -0.25) is 0 Å². The topological polar surface area (TPSA) is 95.7 Å². The molecule has 1 aliphatic heterocycles. The Morgan fingerprint density at radius 2 is 2.29 bits per heavy atom. The van der Waals surface area contributed by atoms with E-state index in [4.69, 9.17) is 10.8 Å². The molecular weight excluding hydrogens is 222 g/mol. The molecule has 1 saturated heterocycles. The van der Waals surface area contributed by atoms with Crippen molar-refractivity contribution < 1.29 is 14.7 Å². The quantitative estimate of drug-likeness (QED) is 0.664. The van der Waals surface area contributed by atoms with Crippen LogP contribution in [0.3, 0.4) is 0 Å². The number of nitrogens with one attached hydrogen (secondary N) is 1. The molecular formula is C11H21N3O3. The number of carbonyl (C=O) groups excluding carboxylic acids is 1. The number of carboxylic acid groups (broad SMARTS) is 1. The maximum atomic E-state index is 11.8.